The Bertz CT molecular complexity index is 767. The van der Waals surface area contributed by atoms with Gasteiger partial charge in [0, 0.05) is 17.1 Å². The minimum atomic E-state index is -0.156. The molecule has 19 heavy (non-hydrogen) atoms. The van der Waals surface area contributed by atoms with Crippen molar-refractivity contribution in [1.29, 1.82) is 0 Å². The molecule has 2 nitrogen and oxygen atoms in total. The van der Waals surface area contributed by atoms with Crippen molar-refractivity contribution >= 4 is 28.2 Å². The molecule has 0 N–H and O–H groups in total. The molecule has 0 aliphatic rings. The fraction of sp³-hybridized carbons (Fsp3) is 0. The average Bonchev–Trinajstić information content (AvgIpc) is 2.46. The van der Waals surface area contributed by atoms with E-state index in [2.05, 4.69) is 4.98 Å². The Kier molecular flexibility index (Phi) is 3.02. The van der Waals surface area contributed by atoms with Crippen LogP contribution < -0.4 is 0 Å². The summed E-state index contributed by atoms with van der Waals surface area (Å²) >= 11 is 6.04. The van der Waals surface area contributed by atoms with Crippen LogP contribution >= 0.6 is 11.6 Å². The van der Waals surface area contributed by atoms with Gasteiger partial charge in [-0.15, -0.1) is 0 Å². The first kappa shape index (κ1) is 11.9. The van der Waals surface area contributed by atoms with Crippen LogP contribution in [0.15, 0.2) is 60.8 Å². The average molecular weight is 268 g/mol. The van der Waals surface area contributed by atoms with E-state index in [4.69, 9.17) is 11.6 Å². The number of rotatable bonds is 2. The summed E-state index contributed by atoms with van der Waals surface area (Å²) in [5.74, 6) is -0.156. The van der Waals surface area contributed by atoms with Crippen molar-refractivity contribution in [2.75, 3.05) is 0 Å². The zero-order valence-corrected chi connectivity index (χ0v) is 10.8. The minimum Gasteiger partial charge on any atom is -0.287 e. The molecule has 0 saturated carbocycles. The summed E-state index contributed by atoms with van der Waals surface area (Å²) in [5, 5.41) is 2.45. The SMILES string of the molecule is O=C(c1cc2ccccc2cn1)c1ccccc1Cl. The molecule has 1 heterocycles. The minimum absolute atomic E-state index is 0.156. The molecule has 0 radical (unpaired) electrons. The zero-order valence-electron chi connectivity index (χ0n) is 10.0. The van der Waals surface area contributed by atoms with Crippen molar-refractivity contribution in [3.05, 3.63) is 77.1 Å². The lowest BCUT2D eigenvalue weighted by Gasteiger charge is -2.04. The van der Waals surface area contributed by atoms with Gasteiger partial charge < -0.3 is 0 Å². The summed E-state index contributed by atoms with van der Waals surface area (Å²) in [5.41, 5.74) is 0.888. The van der Waals surface area contributed by atoms with Crippen LogP contribution in [0.5, 0.6) is 0 Å². The zero-order chi connectivity index (χ0) is 13.2. The van der Waals surface area contributed by atoms with Crippen molar-refractivity contribution in [2.45, 2.75) is 0 Å². The molecular weight excluding hydrogens is 258 g/mol. The third kappa shape index (κ3) is 2.23. The van der Waals surface area contributed by atoms with E-state index in [-0.39, 0.29) is 5.78 Å². The van der Waals surface area contributed by atoms with Crippen LogP contribution in [-0.2, 0) is 0 Å². The van der Waals surface area contributed by atoms with Crippen LogP contribution in [0.1, 0.15) is 16.1 Å². The van der Waals surface area contributed by atoms with Crippen molar-refractivity contribution in [3.63, 3.8) is 0 Å². The number of carbonyl (C=O) groups is 1. The van der Waals surface area contributed by atoms with Gasteiger partial charge in [-0.2, -0.15) is 0 Å². The van der Waals surface area contributed by atoms with Crippen molar-refractivity contribution < 1.29 is 4.79 Å². The molecule has 0 atom stereocenters. The Morgan fingerprint density at radius 3 is 2.42 bits per heavy atom. The Hall–Kier alpha value is -2.19. The van der Waals surface area contributed by atoms with Gasteiger partial charge in [0.05, 0.1) is 5.02 Å². The monoisotopic (exact) mass is 267 g/mol. The molecule has 0 amide bonds. The maximum absolute atomic E-state index is 12.4. The van der Waals surface area contributed by atoms with Crippen molar-refractivity contribution in [2.24, 2.45) is 0 Å². The van der Waals surface area contributed by atoms with Crippen molar-refractivity contribution in [1.82, 2.24) is 4.98 Å². The number of halogens is 1. The normalized spacial score (nSPS) is 10.6. The molecule has 3 aromatic rings. The Morgan fingerprint density at radius 2 is 1.63 bits per heavy atom. The molecule has 2 aromatic carbocycles. The van der Waals surface area contributed by atoms with E-state index in [0.717, 1.165) is 10.8 Å². The molecular formula is C16H10ClNO. The fourth-order valence-corrected chi connectivity index (χ4v) is 2.21. The van der Waals surface area contributed by atoms with Crippen LogP contribution in [-0.4, -0.2) is 10.8 Å². The molecule has 3 rings (SSSR count). The standard InChI is InChI=1S/C16H10ClNO/c17-14-8-4-3-7-13(14)16(19)15-9-11-5-1-2-6-12(11)10-18-15/h1-10H. The van der Waals surface area contributed by atoms with Gasteiger partial charge in [0.15, 0.2) is 0 Å². The molecule has 0 unspecified atom stereocenters. The van der Waals surface area contributed by atoms with E-state index in [9.17, 15) is 4.79 Å². The topological polar surface area (TPSA) is 30.0 Å². The van der Waals surface area contributed by atoms with E-state index in [1.54, 1.807) is 36.5 Å². The van der Waals surface area contributed by atoms with Gasteiger partial charge >= 0.3 is 0 Å². The molecule has 92 valence electrons. The highest BCUT2D eigenvalue weighted by Gasteiger charge is 2.13. The summed E-state index contributed by atoms with van der Waals surface area (Å²) < 4.78 is 0. The Labute approximate surface area is 115 Å². The number of hydrogen-bond acceptors (Lipinski definition) is 2. The second-order valence-electron chi connectivity index (χ2n) is 4.23. The van der Waals surface area contributed by atoms with Gasteiger partial charge in [0.1, 0.15) is 5.69 Å². The maximum Gasteiger partial charge on any atom is 0.212 e. The van der Waals surface area contributed by atoms with E-state index in [1.165, 1.54) is 0 Å². The number of benzene rings is 2. The Morgan fingerprint density at radius 1 is 0.947 bits per heavy atom. The summed E-state index contributed by atoms with van der Waals surface area (Å²) in [7, 11) is 0. The lowest BCUT2D eigenvalue weighted by atomic mass is 10.1. The van der Waals surface area contributed by atoms with E-state index in [0.29, 0.717) is 16.3 Å². The third-order valence-electron chi connectivity index (χ3n) is 2.98. The van der Waals surface area contributed by atoms with E-state index < -0.39 is 0 Å². The third-order valence-corrected chi connectivity index (χ3v) is 3.31. The lowest BCUT2D eigenvalue weighted by molar-refractivity contribution is 0.103. The lowest BCUT2D eigenvalue weighted by Crippen LogP contribution is -2.04. The first-order chi connectivity index (χ1) is 9.25. The number of hydrogen-bond donors (Lipinski definition) is 0. The largest absolute Gasteiger partial charge is 0.287 e. The first-order valence-corrected chi connectivity index (χ1v) is 6.27. The van der Waals surface area contributed by atoms with E-state index in [1.807, 2.05) is 24.3 Å². The Balaban J connectivity index is 2.09. The molecule has 3 heteroatoms. The number of ketones is 1. The van der Waals surface area contributed by atoms with Gasteiger partial charge in [-0.25, -0.2) is 0 Å². The molecule has 1 aromatic heterocycles. The summed E-state index contributed by atoms with van der Waals surface area (Å²) in [4.78, 5) is 16.6. The van der Waals surface area contributed by atoms with Gasteiger partial charge in [0.2, 0.25) is 5.78 Å². The number of fused-ring (bicyclic) bond motifs is 1. The van der Waals surface area contributed by atoms with Gasteiger partial charge in [-0.3, -0.25) is 9.78 Å². The van der Waals surface area contributed by atoms with Gasteiger partial charge in [-0.05, 0) is 23.6 Å². The smallest absolute Gasteiger partial charge is 0.212 e. The van der Waals surface area contributed by atoms with E-state index >= 15 is 0 Å². The van der Waals surface area contributed by atoms with Crippen LogP contribution in [0, 0.1) is 0 Å². The predicted octanol–water partition coefficient (Wildman–Crippen LogP) is 4.12. The molecule has 0 aliphatic carbocycles. The highest BCUT2D eigenvalue weighted by atomic mass is 35.5. The molecule has 0 aliphatic heterocycles. The number of nitrogens with zero attached hydrogens (tertiary/aromatic N) is 1. The predicted molar refractivity (Wildman–Crippen MR) is 76.6 cm³/mol. The number of carbonyl (C=O) groups excluding carboxylic acids is 1. The van der Waals surface area contributed by atoms with Crippen molar-refractivity contribution in [3.8, 4) is 0 Å². The second-order valence-corrected chi connectivity index (χ2v) is 4.63. The van der Waals surface area contributed by atoms with Crippen LogP contribution in [0.3, 0.4) is 0 Å². The fourth-order valence-electron chi connectivity index (χ4n) is 1.99. The van der Waals surface area contributed by atoms with Gasteiger partial charge in [0.25, 0.3) is 0 Å². The van der Waals surface area contributed by atoms with Crippen LogP contribution in [0.4, 0.5) is 0 Å². The molecule has 0 spiro atoms. The first-order valence-electron chi connectivity index (χ1n) is 5.90. The van der Waals surface area contributed by atoms with Gasteiger partial charge in [-0.1, -0.05) is 48.0 Å². The summed E-state index contributed by atoms with van der Waals surface area (Å²) in [6.45, 7) is 0. The summed E-state index contributed by atoms with van der Waals surface area (Å²) in [6, 6.07) is 16.6. The molecule has 0 bridgehead atoms. The molecule has 0 fully saturated rings. The highest BCUT2D eigenvalue weighted by Crippen LogP contribution is 2.20. The molecule has 0 saturated heterocycles. The van der Waals surface area contributed by atoms with Crippen LogP contribution in [0.2, 0.25) is 5.02 Å². The maximum atomic E-state index is 12.4. The number of aromatic nitrogens is 1. The van der Waals surface area contributed by atoms with Crippen LogP contribution in [0.25, 0.3) is 10.8 Å². The quantitative estimate of drug-likeness (QED) is 0.654. The second kappa shape index (κ2) is 4.82. The summed E-state index contributed by atoms with van der Waals surface area (Å²) in [6.07, 6.45) is 1.71. The number of pyridine rings is 1. The highest BCUT2D eigenvalue weighted by molar-refractivity contribution is 6.34.